The molecule has 0 unspecified atom stereocenters. The van der Waals surface area contributed by atoms with Gasteiger partial charge in [0.25, 0.3) is 0 Å². The number of aromatic nitrogens is 3. The average Bonchev–Trinajstić information content (AvgIpc) is 2.38. The predicted molar refractivity (Wildman–Crippen MR) is 67.2 cm³/mol. The van der Waals surface area contributed by atoms with Crippen LogP contribution in [0.4, 0.5) is 5.82 Å². The largest absolute Gasteiger partial charge is 0.308 e. The number of hydrogen-bond acceptors (Lipinski definition) is 5. The Balaban J connectivity index is 2.55. The molecule has 2 aromatic rings. The Hall–Kier alpha value is -2.01. The third-order valence-corrected chi connectivity index (χ3v) is 2.57. The average molecular weight is 229 g/mol. The molecule has 0 saturated heterocycles. The highest BCUT2D eigenvalue weighted by atomic mass is 15.3. The molecular weight excluding hydrogens is 214 g/mol. The van der Waals surface area contributed by atoms with E-state index >= 15 is 0 Å². The third-order valence-electron chi connectivity index (χ3n) is 2.57. The summed E-state index contributed by atoms with van der Waals surface area (Å²) >= 11 is 0. The quantitative estimate of drug-likeness (QED) is 0.618. The first-order valence-corrected chi connectivity index (χ1v) is 5.50. The second-order valence-electron chi connectivity index (χ2n) is 3.76. The third kappa shape index (κ3) is 2.39. The molecule has 0 atom stereocenters. The van der Waals surface area contributed by atoms with E-state index in [1.54, 1.807) is 12.4 Å². The molecule has 0 radical (unpaired) electrons. The van der Waals surface area contributed by atoms with E-state index in [1.165, 1.54) is 0 Å². The highest BCUT2D eigenvalue weighted by molar-refractivity contribution is 5.60. The van der Waals surface area contributed by atoms with Crippen LogP contribution in [0.3, 0.4) is 0 Å². The molecule has 88 valence electrons. The first-order valence-electron chi connectivity index (χ1n) is 5.50. The van der Waals surface area contributed by atoms with Crippen molar-refractivity contribution in [3.05, 3.63) is 35.8 Å². The van der Waals surface area contributed by atoms with Crippen LogP contribution in [0, 0.1) is 6.92 Å². The first kappa shape index (κ1) is 11.5. The number of anilines is 1. The van der Waals surface area contributed by atoms with Gasteiger partial charge in [-0.2, -0.15) is 0 Å². The van der Waals surface area contributed by atoms with E-state index in [2.05, 4.69) is 20.4 Å². The van der Waals surface area contributed by atoms with Gasteiger partial charge in [-0.3, -0.25) is 4.98 Å². The van der Waals surface area contributed by atoms with Crippen LogP contribution < -0.4 is 11.3 Å². The lowest BCUT2D eigenvalue weighted by Gasteiger charge is -2.08. The van der Waals surface area contributed by atoms with Gasteiger partial charge in [0, 0.05) is 29.7 Å². The van der Waals surface area contributed by atoms with Crippen LogP contribution in [-0.4, -0.2) is 15.0 Å². The second-order valence-corrected chi connectivity index (χ2v) is 3.76. The smallest absolute Gasteiger partial charge is 0.163 e. The summed E-state index contributed by atoms with van der Waals surface area (Å²) in [7, 11) is 0. The van der Waals surface area contributed by atoms with Gasteiger partial charge in [-0.15, -0.1) is 0 Å². The number of nitrogens with two attached hydrogens (primary N) is 1. The number of nitrogens with zero attached hydrogens (tertiary/aromatic N) is 3. The Morgan fingerprint density at radius 2 is 2.18 bits per heavy atom. The Morgan fingerprint density at radius 3 is 2.82 bits per heavy atom. The van der Waals surface area contributed by atoms with Crippen LogP contribution in [0.2, 0.25) is 0 Å². The first-order chi connectivity index (χ1) is 8.24. The minimum Gasteiger partial charge on any atom is -0.308 e. The minimum absolute atomic E-state index is 0.620. The molecule has 0 amide bonds. The molecule has 2 heterocycles. The summed E-state index contributed by atoms with van der Waals surface area (Å²) in [5.74, 6) is 6.68. The van der Waals surface area contributed by atoms with Gasteiger partial charge in [0.15, 0.2) is 5.82 Å². The van der Waals surface area contributed by atoms with Gasteiger partial charge in [0.05, 0.1) is 0 Å². The fourth-order valence-electron chi connectivity index (χ4n) is 1.57. The lowest BCUT2D eigenvalue weighted by molar-refractivity contribution is 0.998. The van der Waals surface area contributed by atoms with E-state index < -0.39 is 0 Å². The number of hydrogen-bond donors (Lipinski definition) is 2. The van der Waals surface area contributed by atoms with E-state index in [9.17, 15) is 0 Å². The van der Waals surface area contributed by atoms with Crippen LogP contribution in [0.5, 0.6) is 0 Å². The summed E-state index contributed by atoms with van der Waals surface area (Å²) in [6, 6.07) is 3.78. The molecule has 5 nitrogen and oxygen atoms in total. The zero-order valence-electron chi connectivity index (χ0n) is 9.94. The van der Waals surface area contributed by atoms with Crippen molar-refractivity contribution in [3.8, 4) is 11.4 Å². The van der Waals surface area contributed by atoms with Gasteiger partial charge in [-0.1, -0.05) is 6.92 Å². The molecule has 0 saturated carbocycles. The van der Waals surface area contributed by atoms with E-state index in [4.69, 9.17) is 5.84 Å². The van der Waals surface area contributed by atoms with Gasteiger partial charge in [0.2, 0.25) is 0 Å². The van der Waals surface area contributed by atoms with E-state index in [1.807, 2.05) is 26.0 Å². The molecule has 0 aromatic carbocycles. The molecule has 0 spiro atoms. The van der Waals surface area contributed by atoms with E-state index in [0.29, 0.717) is 11.6 Å². The van der Waals surface area contributed by atoms with Gasteiger partial charge < -0.3 is 5.43 Å². The molecule has 0 aliphatic heterocycles. The summed E-state index contributed by atoms with van der Waals surface area (Å²) in [6.45, 7) is 4.05. The van der Waals surface area contributed by atoms with Crippen LogP contribution in [0.1, 0.15) is 18.2 Å². The number of aryl methyl sites for hydroxylation is 2. The van der Waals surface area contributed by atoms with E-state index in [-0.39, 0.29) is 0 Å². The van der Waals surface area contributed by atoms with E-state index in [0.717, 1.165) is 23.2 Å². The molecule has 0 aliphatic carbocycles. The van der Waals surface area contributed by atoms with Crippen molar-refractivity contribution in [1.29, 1.82) is 0 Å². The summed E-state index contributed by atoms with van der Waals surface area (Å²) in [5.41, 5.74) is 5.53. The summed E-state index contributed by atoms with van der Waals surface area (Å²) < 4.78 is 0. The van der Waals surface area contributed by atoms with Crippen molar-refractivity contribution in [2.75, 3.05) is 5.43 Å². The summed E-state index contributed by atoms with van der Waals surface area (Å²) in [4.78, 5) is 12.9. The van der Waals surface area contributed by atoms with Crippen LogP contribution in [-0.2, 0) is 6.42 Å². The maximum absolute atomic E-state index is 5.40. The van der Waals surface area contributed by atoms with Gasteiger partial charge in [0.1, 0.15) is 5.82 Å². The van der Waals surface area contributed by atoms with Crippen molar-refractivity contribution >= 4 is 5.82 Å². The van der Waals surface area contributed by atoms with Crippen molar-refractivity contribution in [2.24, 2.45) is 5.84 Å². The lowest BCUT2D eigenvalue weighted by atomic mass is 10.1. The molecule has 2 rings (SSSR count). The molecule has 0 aliphatic rings. The summed E-state index contributed by atoms with van der Waals surface area (Å²) in [6.07, 6.45) is 4.36. The monoisotopic (exact) mass is 229 g/mol. The number of pyridine rings is 1. The molecule has 0 bridgehead atoms. The highest BCUT2D eigenvalue weighted by Crippen LogP contribution is 2.20. The van der Waals surface area contributed by atoms with Crippen LogP contribution in [0.25, 0.3) is 11.4 Å². The minimum atomic E-state index is 0.620. The molecule has 5 heteroatoms. The topological polar surface area (TPSA) is 76.7 Å². The van der Waals surface area contributed by atoms with Crippen molar-refractivity contribution in [1.82, 2.24) is 15.0 Å². The van der Waals surface area contributed by atoms with Crippen molar-refractivity contribution in [3.63, 3.8) is 0 Å². The standard InChI is InChI=1S/C12H15N5/c1-3-9-6-11(17-13)16-12(15-9)10-7-14-5-4-8(10)2/h4-7H,3,13H2,1-2H3,(H,15,16,17). The zero-order valence-corrected chi connectivity index (χ0v) is 9.94. The molecule has 3 N–H and O–H groups in total. The fraction of sp³-hybridized carbons (Fsp3) is 0.250. The maximum Gasteiger partial charge on any atom is 0.163 e. The number of hydrazine groups is 1. The Morgan fingerprint density at radius 1 is 1.35 bits per heavy atom. The van der Waals surface area contributed by atoms with Crippen molar-refractivity contribution in [2.45, 2.75) is 20.3 Å². The Bertz CT molecular complexity index is 502. The van der Waals surface area contributed by atoms with Crippen LogP contribution >= 0.6 is 0 Å². The van der Waals surface area contributed by atoms with Crippen molar-refractivity contribution < 1.29 is 0 Å². The number of rotatable bonds is 3. The normalized spacial score (nSPS) is 10.3. The highest BCUT2D eigenvalue weighted by Gasteiger charge is 2.08. The van der Waals surface area contributed by atoms with Gasteiger partial charge in [-0.05, 0) is 25.0 Å². The maximum atomic E-state index is 5.40. The molecule has 0 fully saturated rings. The molecular formula is C12H15N5. The van der Waals surface area contributed by atoms with Gasteiger partial charge in [-0.25, -0.2) is 15.8 Å². The lowest BCUT2D eigenvalue weighted by Crippen LogP contribution is -2.10. The zero-order chi connectivity index (χ0) is 12.3. The Labute approximate surface area is 100 Å². The van der Waals surface area contributed by atoms with Crippen LogP contribution in [0.15, 0.2) is 24.5 Å². The van der Waals surface area contributed by atoms with Gasteiger partial charge >= 0.3 is 0 Å². The second kappa shape index (κ2) is 4.88. The molecule has 2 aromatic heterocycles. The fourth-order valence-corrected chi connectivity index (χ4v) is 1.57. The summed E-state index contributed by atoms with van der Waals surface area (Å²) in [5, 5.41) is 0. The Kier molecular flexibility index (Phi) is 3.30. The SMILES string of the molecule is CCc1cc(NN)nc(-c2cnccc2C)n1. The molecule has 17 heavy (non-hydrogen) atoms. The number of nitrogen functional groups attached to an aromatic ring is 1. The number of nitrogens with one attached hydrogen (secondary N) is 1. The predicted octanol–water partition coefficient (Wildman–Crippen LogP) is 1.70.